The van der Waals surface area contributed by atoms with Crippen LogP contribution in [0.25, 0.3) is 0 Å². The van der Waals surface area contributed by atoms with Crippen molar-refractivity contribution in [2.24, 2.45) is 5.92 Å². The lowest BCUT2D eigenvalue weighted by molar-refractivity contribution is 0.394. The van der Waals surface area contributed by atoms with Crippen LogP contribution in [0.2, 0.25) is 0 Å². The summed E-state index contributed by atoms with van der Waals surface area (Å²) >= 11 is 0. The molecule has 0 heterocycles. The van der Waals surface area contributed by atoms with Gasteiger partial charge in [0.1, 0.15) is 0 Å². The zero-order chi connectivity index (χ0) is 15.2. The SMILES string of the molecule is CCCN(Cc1ccc(N)cc1)S(=O)(=O)NCC(C)C. The first-order chi connectivity index (χ1) is 9.35. The van der Waals surface area contributed by atoms with Gasteiger partial charge in [0.15, 0.2) is 0 Å². The predicted molar refractivity (Wildman–Crippen MR) is 83.3 cm³/mol. The Balaban J connectivity index is 2.79. The highest BCUT2D eigenvalue weighted by Crippen LogP contribution is 2.11. The van der Waals surface area contributed by atoms with Crippen molar-refractivity contribution in [3.63, 3.8) is 0 Å². The normalized spacial score (nSPS) is 12.2. The van der Waals surface area contributed by atoms with Crippen molar-refractivity contribution in [2.45, 2.75) is 33.7 Å². The predicted octanol–water partition coefficient (Wildman–Crippen LogP) is 1.97. The maximum atomic E-state index is 12.3. The van der Waals surface area contributed by atoms with E-state index < -0.39 is 10.2 Å². The third-order valence-electron chi connectivity index (χ3n) is 2.83. The number of nitrogen functional groups attached to an aromatic ring is 1. The van der Waals surface area contributed by atoms with Gasteiger partial charge in [0, 0.05) is 25.3 Å². The molecule has 114 valence electrons. The Morgan fingerprint density at radius 1 is 1.25 bits per heavy atom. The Kier molecular flexibility index (Phi) is 6.45. The van der Waals surface area contributed by atoms with E-state index in [0.717, 1.165) is 12.0 Å². The van der Waals surface area contributed by atoms with Crippen LogP contribution in [-0.2, 0) is 16.8 Å². The van der Waals surface area contributed by atoms with E-state index in [1.165, 1.54) is 4.31 Å². The van der Waals surface area contributed by atoms with Gasteiger partial charge in [0.05, 0.1) is 0 Å². The summed E-state index contributed by atoms with van der Waals surface area (Å²) in [5, 5.41) is 0. The molecule has 6 heteroatoms. The highest BCUT2D eigenvalue weighted by molar-refractivity contribution is 7.87. The van der Waals surface area contributed by atoms with E-state index in [1.54, 1.807) is 12.1 Å². The number of nitrogens with two attached hydrogens (primary N) is 1. The number of nitrogens with one attached hydrogen (secondary N) is 1. The summed E-state index contributed by atoms with van der Waals surface area (Å²) in [6, 6.07) is 7.28. The Morgan fingerprint density at radius 2 is 1.85 bits per heavy atom. The lowest BCUT2D eigenvalue weighted by atomic mass is 10.2. The maximum absolute atomic E-state index is 12.3. The molecular formula is C14H25N3O2S. The minimum atomic E-state index is -3.44. The molecule has 0 aliphatic carbocycles. The van der Waals surface area contributed by atoms with Gasteiger partial charge in [-0.2, -0.15) is 12.7 Å². The summed E-state index contributed by atoms with van der Waals surface area (Å²) < 4.78 is 28.7. The van der Waals surface area contributed by atoms with Gasteiger partial charge in [0.2, 0.25) is 0 Å². The molecule has 5 nitrogen and oxygen atoms in total. The number of anilines is 1. The molecule has 1 aromatic rings. The highest BCUT2D eigenvalue weighted by Gasteiger charge is 2.21. The second kappa shape index (κ2) is 7.61. The van der Waals surface area contributed by atoms with Gasteiger partial charge in [0.25, 0.3) is 10.2 Å². The molecule has 0 aliphatic rings. The summed E-state index contributed by atoms with van der Waals surface area (Å²) in [4.78, 5) is 0. The van der Waals surface area contributed by atoms with Gasteiger partial charge in [-0.15, -0.1) is 0 Å². The summed E-state index contributed by atoms with van der Waals surface area (Å²) in [6.45, 7) is 7.23. The van der Waals surface area contributed by atoms with E-state index in [0.29, 0.717) is 25.3 Å². The van der Waals surface area contributed by atoms with E-state index in [2.05, 4.69) is 4.72 Å². The first kappa shape index (κ1) is 16.9. The Morgan fingerprint density at radius 3 is 2.35 bits per heavy atom. The van der Waals surface area contributed by atoms with Crippen molar-refractivity contribution >= 4 is 15.9 Å². The van der Waals surface area contributed by atoms with Crippen molar-refractivity contribution in [3.05, 3.63) is 29.8 Å². The fraction of sp³-hybridized carbons (Fsp3) is 0.571. The third-order valence-corrected chi connectivity index (χ3v) is 4.35. The van der Waals surface area contributed by atoms with E-state index in [1.807, 2.05) is 32.9 Å². The van der Waals surface area contributed by atoms with Crippen LogP contribution in [0.4, 0.5) is 5.69 Å². The zero-order valence-electron chi connectivity index (χ0n) is 12.5. The minimum Gasteiger partial charge on any atom is -0.399 e. The van der Waals surface area contributed by atoms with Crippen molar-refractivity contribution < 1.29 is 8.42 Å². The molecule has 0 fully saturated rings. The summed E-state index contributed by atoms with van der Waals surface area (Å²) in [5.41, 5.74) is 7.25. The second-order valence-corrected chi connectivity index (χ2v) is 7.08. The summed E-state index contributed by atoms with van der Waals surface area (Å²) in [7, 11) is -3.44. The van der Waals surface area contributed by atoms with Crippen LogP contribution in [0.1, 0.15) is 32.8 Å². The number of hydrogen-bond acceptors (Lipinski definition) is 3. The molecule has 0 amide bonds. The molecule has 0 saturated carbocycles. The number of hydrogen-bond donors (Lipinski definition) is 2. The molecule has 0 aliphatic heterocycles. The first-order valence-corrected chi connectivity index (χ1v) is 8.38. The van der Waals surface area contributed by atoms with Gasteiger partial charge in [-0.1, -0.05) is 32.9 Å². The Hall–Kier alpha value is -1.11. The van der Waals surface area contributed by atoms with Crippen LogP contribution in [-0.4, -0.2) is 25.8 Å². The quantitative estimate of drug-likeness (QED) is 0.721. The van der Waals surface area contributed by atoms with Gasteiger partial charge in [-0.25, -0.2) is 4.72 Å². The largest absolute Gasteiger partial charge is 0.399 e. The van der Waals surface area contributed by atoms with Gasteiger partial charge in [-0.05, 0) is 30.0 Å². The number of rotatable bonds is 8. The monoisotopic (exact) mass is 299 g/mol. The third kappa shape index (κ3) is 5.48. The minimum absolute atomic E-state index is 0.282. The van der Waals surface area contributed by atoms with Crippen LogP contribution in [0.5, 0.6) is 0 Å². The van der Waals surface area contributed by atoms with Gasteiger partial charge >= 0.3 is 0 Å². The molecule has 20 heavy (non-hydrogen) atoms. The van der Waals surface area contributed by atoms with Crippen molar-refractivity contribution in [3.8, 4) is 0 Å². The molecule has 1 rings (SSSR count). The molecule has 0 aromatic heterocycles. The Labute approximate surface area is 122 Å². The molecule has 3 N–H and O–H groups in total. The fourth-order valence-corrected chi connectivity index (χ4v) is 3.19. The van der Waals surface area contributed by atoms with Crippen molar-refractivity contribution in [2.75, 3.05) is 18.8 Å². The smallest absolute Gasteiger partial charge is 0.279 e. The molecule has 0 saturated heterocycles. The summed E-state index contributed by atoms with van der Waals surface area (Å²) in [5.74, 6) is 0.282. The lowest BCUT2D eigenvalue weighted by Gasteiger charge is -2.22. The highest BCUT2D eigenvalue weighted by atomic mass is 32.2. The first-order valence-electron chi connectivity index (χ1n) is 6.94. The van der Waals surface area contributed by atoms with Gasteiger partial charge in [-0.3, -0.25) is 0 Å². The molecule has 0 radical (unpaired) electrons. The molecule has 1 aromatic carbocycles. The van der Waals surface area contributed by atoms with E-state index >= 15 is 0 Å². The molecular weight excluding hydrogens is 274 g/mol. The number of benzene rings is 1. The van der Waals surface area contributed by atoms with Crippen molar-refractivity contribution in [1.29, 1.82) is 0 Å². The van der Waals surface area contributed by atoms with E-state index in [9.17, 15) is 8.42 Å². The average Bonchev–Trinajstić information content (AvgIpc) is 2.38. The second-order valence-electron chi connectivity index (χ2n) is 5.32. The molecule has 0 unspecified atom stereocenters. The van der Waals surface area contributed by atoms with Crippen LogP contribution in [0, 0.1) is 5.92 Å². The van der Waals surface area contributed by atoms with E-state index in [4.69, 9.17) is 5.73 Å². The van der Waals surface area contributed by atoms with E-state index in [-0.39, 0.29) is 5.92 Å². The van der Waals surface area contributed by atoms with Crippen LogP contribution in [0.15, 0.2) is 24.3 Å². The standard InChI is InChI=1S/C14H25N3O2S/c1-4-9-17(20(18,19)16-10-12(2)3)11-13-5-7-14(15)8-6-13/h5-8,12,16H,4,9-11,15H2,1-3H3. The Bertz CT molecular complexity index is 498. The molecule has 0 bridgehead atoms. The summed E-state index contributed by atoms with van der Waals surface area (Å²) in [6.07, 6.45) is 0.775. The van der Waals surface area contributed by atoms with Gasteiger partial charge < -0.3 is 5.73 Å². The van der Waals surface area contributed by atoms with Crippen LogP contribution < -0.4 is 10.5 Å². The van der Waals surface area contributed by atoms with Crippen molar-refractivity contribution in [1.82, 2.24) is 9.03 Å². The zero-order valence-corrected chi connectivity index (χ0v) is 13.3. The fourth-order valence-electron chi connectivity index (χ4n) is 1.72. The van der Waals surface area contributed by atoms with Crippen LogP contribution >= 0.6 is 0 Å². The average molecular weight is 299 g/mol. The van der Waals surface area contributed by atoms with Crippen LogP contribution in [0.3, 0.4) is 0 Å². The maximum Gasteiger partial charge on any atom is 0.279 e. The number of nitrogens with zero attached hydrogens (tertiary/aromatic N) is 1. The topological polar surface area (TPSA) is 75.4 Å². The molecule has 0 spiro atoms. The lowest BCUT2D eigenvalue weighted by Crippen LogP contribution is -2.42. The molecule has 0 atom stereocenters.